The topological polar surface area (TPSA) is 17.0 Å². The molecule has 0 amide bonds. The van der Waals surface area contributed by atoms with Gasteiger partial charge in [0.25, 0.3) is 0 Å². The molecule has 98 valence electrons. The van der Waals surface area contributed by atoms with Crippen LogP contribution >= 0.6 is 0 Å². The number of hydrogen-bond donors (Lipinski definition) is 1. The van der Waals surface area contributed by atoms with Gasteiger partial charge in [0.2, 0.25) is 0 Å². The van der Waals surface area contributed by atoms with Crippen LogP contribution in [0.5, 0.6) is 0 Å². The number of aryl methyl sites for hydroxylation is 1. The van der Waals surface area contributed by atoms with Gasteiger partial charge in [0, 0.05) is 30.7 Å². The van der Waals surface area contributed by atoms with Gasteiger partial charge in [-0.2, -0.15) is 13.2 Å². The molecule has 0 radical (unpaired) electrons. The van der Waals surface area contributed by atoms with Crippen LogP contribution in [0, 0.1) is 0 Å². The lowest BCUT2D eigenvalue weighted by Crippen LogP contribution is -2.29. The molecule has 5 heteroatoms. The van der Waals surface area contributed by atoms with E-state index in [1.165, 1.54) is 7.05 Å². The van der Waals surface area contributed by atoms with Crippen molar-refractivity contribution in [2.24, 2.45) is 7.05 Å². The lowest BCUT2D eigenvalue weighted by molar-refractivity contribution is -0.149. The molecule has 0 aliphatic rings. The summed E-state index contributed by atoms with van der Waals surface area (Å²) in [6.45, 7) is -0.114. The highest BCUT2D eigenvalue weighted by atomic mass is 19.4. The molecule has 0 saturated carbocycles. The summed E-state index contributed by atoms with van der Waals surface area (Å²) in [5.41, 5.74) is 1.15. The quantitative estimate of drug-likeness (QED) is 0.893. The third kappa shape index (κ3) is 2.22. The van der Waals surface area contributed by atoms with E-state index in [0.717, 1.165) is 5.52 Å². The van der Waals surface area contributed by atoms with Crippen molar-refractivity contribution in [2.45, 2.75) is 12.1 Å². The molecule has 0 aliphatic heterocycles. The second kappa shape index (κ2) is 4.65. The number of benzene rings is 1. The summed E-state index contributed by atoms with van der Waals surface area (Å²) >= 11 is 0. The number of alkyl halides is 3. The summed E-state index contributed by atoms with van der Waals surface area (Å²) in [6.07, 6.45) is -2.67. The van der Waals surface area contributed by atoms with Crippen molar-refractivity contribution in [3.05, 3.63) is 36.0 Å². The van der Waals surface area contributed by atoms with E-state index in [1.807, 2.05) is 12.1 Å². The van der Waals surface area contributed by atoms with E-state index >= 15 is 0 Å². The van der Waals surface area contributed by atoms with Crippen molar-refractivity contribution in [3.8, 4) is 0 Å². The predicted octanol–water partition coefficient (Wildman–Crippen LogP) is 3.04. The number of halogens is 3. The van der Waals surface area contributed by atoms with Crippen molar-refractivity contribution in [1.29, 1.82) is 0 Å². The number of likely N-dealkylation sites (N-methyl/N-ethyl adjacent to an activating group) is 1. The molecule has 1 N–H and O–H groups in total. The Balaban J connectivity index is 2.58. The standard InChI is InChI=1S/C13H15F3N2/c1-17-7-11(13(14,15)16)10-8-18(2)12-6-4-3-5-9(10)12/h3-6,8,11,17H,7H2,1-2H3. The molecule has 1 atom stereocenters. The van der Waals surface area contributed by atoms with Crippen LogP contribution in [0.25, 0.3) is 10.9 Å². The average molecular weight is 256 g/mol. The van der Waals surface area contributed by atoms with Crippen molar-refractivity contribution in [2.75, 3.05) is 13.6 Å². The number of aromatic nitrogens is 1. The molecule has 1 aromatic heterocycles. The van der Waals surface area contributed by atoms with E-state index in [0.29, 0.717) is 10.9 Å². The molecule has 0 aliphatic carbocycles. The van der Waals surface area contributed by atoms with Gasteiger partial charge in [-0.15, -0.1) is 0 Å². The number of nitrogens with one attached hydrogen (secondary N) is 1. The maximum Gasteiger partial charge on any atom is 0.397 e. The zero-order valence-electron chi connectivity index (χ0n) is 10.3. The van der Waals surface area contributed by atoms with Crippen LogP contribution in [0.1, 0.15) is 11.5 Å². The lowest BCUT2D eigenvalue weighted by atomic mass is 9.98. The van der Waals surface area contributed by atoms with Crippen molar-refractivity contribution < 1.29 is 13.2 Å². The molecule has 18 heavy (non-hydrogen) atoms. The van der Waals surface area contributed by atoms with E-state index in [2.05, 4.69) is 5.32 Å². The van der Waals surface area contributed by atoms with Crippen LogP contribution in [-0.2, 0) is 7.05 Å². The second-order valence-electron chi connectivity index (χ2n) is 4.36. The summed E-state index contributed by atoms with van der Waals surface area (Å²) in [5, 5.41) is 3.28. The SMILES string of the molecule is CNCC(c1cn(C)c2ccccc12)C(F)(F)F. The van der Waals surface area contributed by atoms with Gasteiger partial charge >= 0.3 is 6.18 Å². The van der Waals surface area contributed by atoms with E-state index in [9.17, 15) is 13.2 Å². The normalized spacial score (nSPS) is 14.1. The van der Waals surface area contributed by atoms with Crippen LogP contribution in [-0.4, -0.2) is 24.3 Å². The largest absolute Gasteiger partial charge is 0.397 e. The van der Waals surface area contributed by atoms with Gasteiger partial charge in [-0.1, -0.05) is 18.2 Å². The highest BCUT2D eigenvalue weighted by molar-refractivity contribution is 5.84. The molecule has 0 bridgehead atoms. The maximum atomic E-state index is 13.1. The highest BCUT2D eigenvalue weighted by Gasteiger charge is 2.41. The van der Waals surface area contributed by atoms with Crippen molar-refractivity contribution in [1.82, 2.24) is 9.88 Å². The molecule has 2 rings (SSSR count). The Morgan fingerprint density at radius 2 is 1.94 bits per heavy atom. The van der Waals surface area contributed by atoms with E-state index in [-0.39, 0.29) is 6.54 Å². The van der Waals surface area contributed by atoms with E-state index < -0.39 is 12.1 Å². The third-order valence-electron chi connectivity index (χ3n) is 3.11. The first kappa shape index (κ1) is 13.0. The average Bonchev–Trinajstić information content (AvgIpc) is 2.63. The smallest absolute Gasteiger partial charge is 0.350 e. The summed E-state index contributed by atoms with van der Waals surface area (Å²) in [6, 6.07) is 7.15. The molecule has 1 aromatic carbocycles. The number of para-hydroxylation sites is 1. The summed E-state index contributed by atoms with van der Waals surface area (Å²) in [4.78, 5) is 0. The Hall–Kier alpha value is -1.49. The highest BCUT2D eigenvalue weighted by Crippen LogP contribution is 2.38. The number of rotatable bonds is 3. The van der Waals surface area contributed by atoms with Gasteiger partial charge in [0.15, 0.2) is 0 Å². The lowest BCUT2D eigenvalue weighted by Gasteiger charge is -2.19. The van der Waals surface area contributed by atoms with Gasteiger partial charge in [-0.25, -0.2) is 0 Å². The molecule has 1 unspecified atom stereocenters. The minimum absolute atomic E-state index is 0.114. The maximum absolute atomic E-state index is 13.1. The van der Waals surface area contributed by atoms with Crippen LogP contribution in [0.4, 0.5) is 13.2 Å². The fourth-order valence-corrected chi connectivity index (χ4v) is 2.26. The van der Waals surface area contributed by atoms with Crippen LogP contribution < -0.4 is 5.32 Å². The molecule has 0 spiro atoms. The van der Waals surface area contributed by atoms with Crippen LogP contribution in [0.15, 0.2) is 30.5 Å². The zero-order chi connectivity index (χ0) is 13.3. The Morgan fingerprint density at radius 3 is 2.56 bits per heavy atom. The van der Waals surface area contributed by atoms with Gasteiger partial charge < -0.3 is 9.88 Å². The minimum Gasteiger partial charge on any atom is -0.350 e. The molecule has 2 aromatic rings. The molecule has 2 nitrogen and oxygen atoms in total. The Labute approximate surface area is 103 Å². The van der Waals surface area contributed by atoms with Crippen LogP contribution in [0.3, 0.4) is 0 Å². The zero-order valence-corrected chi connectivity index (χ0v) is 10.3. The molecule has 0 saturated heterocycles. The van der Waals surface area contributed by atoms with Crippen molar-refractivity contribution >= 4 is 10.9 Å². The van der Waals surface area contributed by atoms with E-state index in [1.54, 1.807) is 29.9 Å². The van der Waals surface area contributed by atoms with E-state index in [4.69, 9.17) is 0 Å². The van der Waals surface area contributed by atoms with Gasteiger partial charge in [0.05, 0.1) is 5.92 Å². The summed E-state index contributed by atoms with van der Waals surface area (Å²) in [7, 11) is 3.29. The fraction of sp³-hybridized carbons (Fsp3) is 0.385. The first-order valence-electron chi connectivity index (χ1n) is 5.70. The molecular formula is C13H15F3N2. The Kier molecular flexibility index (Phi) is 3.34. The molecular weight excluding hydrogens is 241 g/mol. The number of fused-ring (bicyclic) bond motifs is 1. The number of nitrogens with zero attached hydrogens (tertiary/aromatic N) is 1. The summed E-state index contributed by atoms with van der Waals surface area (Å²) < 4.78 is 41.0. The number of hydrogen-bond acceptors (Lipinski definition) is 1. The van der Waals surface area contributed by atoms with Gasteiger partial charge in [-0.3, -0.25) is 0 Å². The van der Waals surface area contributed by atoms with Gasteiger partial charge in [-0.05, 0) is 18.7 Å². The Morgan fingerprint density at radius 1 is 1.28 bits per heavy atom. The second-order valence-corrected chi connectivity index (χ2v) is 4.36. The fourth-order valence-electron chi connectivity index (χ4n) is 2.26. The first-order chi connectivity index (χ1) is 8.45. The molecule has 0 fully saturated rings. The molecule has 1 heterocycles. The minimum atomic E-state index is -4.24. The van der Waals surface area contributed by atoms with Crippen molar-refractivity contribution in [3.63, 3.8) is 0 Å². The van der Waals surface area contributed by atoms with Crippen LogP contribution in [0.2, 0.25) is 0 Å². The predicted molar refractivity (Wildman–Crippen MR) is 65.6 cm³/mol. The summed E-state index contributed by atoms with van der Waals surface area (Å²) in [5.74, 6) is -1.48. The van der Waals surface area contributed by atoms with Gasteiger partial charge in [0.1, 0.15) is 0 Å². The third-order valence-corrected chi connectivity index (χ3v) is 3.11. The first-order valence-corrected chi connectivity index (χ1v) is 5.70. The monoisotopic (exact) mass is 256 g/mol. The Bertz CT molecular complexity index is 543.